The fraction of sp³-hybridized carbons (Fsp3) is 0.500. The Hall–Kier alpha value is -2.90. The minimum Gasteiger partial charge on any atom is -0.451 e. The fourth-order valence-electron chi connectivity index (χ4n) is 3.28. The van der Waals surface area contributed by atoms with Crippen LogP contribution in [-0.2, 0) is 25.5 Å². The van der Waals surface area contributed by atoms with Gasteiger partial charge in [-0.2, -0.15) is 0 Å². The third kappa shape index (κ3) is 4.00. The molecule has 0 unspecified atom stereocenters. The molecular formula is C20H25N3O5. The lowest BCUT2D eigenvalue weighted by atomic mass is 9.96. The molecule has 150 valence electrons. The third-order valence-electron chi connectivity index (χ3n) is 5.29. The molecule has 8 heteroatoms. The lowest BCUT2D eigenvalue weighted by Gasteiger charge is -2.21. The average Bonchev–Trinajstić information content (AvgIpc) is 3.48. The summed E-state index contributed by atoms with van der Waals surface area (Å²) in [5, 5.41) is 5.34. The van der Waals surface area contributed by atoms with Crippen molar-refractivity contribution in [3.63, 3.8) is 0 Å². The van der Waals surface area contributed by atoms with Gasteiger partial charge in [0, 0.05) is 5.69 Å². The van der Waals surface area contributed by atoms with Crippen LogP contribution in [0.2, 0.25) is 0 Å². The highest BCUT2D eigenvalue weighted by atomic mass is 16.5. The first kappa shape index (κ1) is 19.9. The number of carbonyl (C=O) groups excluding carboxylic acids is 4. The first-order valence-corrected chi connectivity index (χ1v) is 9.48. The highest BCUT2D eigenvalue weighted by Gasteiger charge is 2.56. The molecule has 4 amide bonds. The van der Waals surface area contributed by atoms with Crippen LogP contribution in [0, 0.1) is 5.92 Å². The second-order valence-electron chi connectivity index (χ2n) is 7.47. The largest absolute Gasteiger partial charge is 0.451 e. The van der Waals surface area contributed by atoms with Crippen LogP contribution < -0.4 is 10.6 Å². The van der Waals surface area contributed by atoms with E-state index in [1.807, 2.05) is 19.1 Å². The van der Waals surface area contributed by atoms with Crippen LogP contribution in [0.3, 0.4) is 0 Å². The summed E-state index contributed by atoms with van der Waals surface area (Å²) in [5.41, 5.74) is 0.786. The summed E-state index contributed by atoms with van der Waals surface area (Å²) in [5.74, 6) is -1.62. The number of amides is 4. The molecule has 1 heterocycles. The topological polar surface area (TPSA) is 105 Å². The average molecular weight is 387 g/mol. The van der Waals surface area contributed by atoms with E-state index in [1.54, 1.807) is 19.1 Å². The molecule has 3 rings (SSSR count). The molecule has 1 aromatic rings. The summed E-state index contributed by atoms with van der Waals surface area (Å²) in [4.78, 5) is 49.8. The van der Waals surface area contributed by atoms with Gasteiger partial charge in [-0.05, 0) is 56.7 Å². The van der Waals surface area contributed by atoms with Gasteiger partial charge >= 0.3 is 12.0 Å². The van der Waals surface area contributed by atoms with Crippen molar-refractivity contribution in [1.82, 2.24) is 10.2 Å². The summed E-state index contributed by atoms with van der Waals surface area (Å²) in [7, 11) is 0. The molecule has 0 bridgehead atoms. The molecule has 2 atom stereocenters. The third-order valence-corrected chi connectivity index (χ3v) is 5.29. The Labute approximate surface area is 163 Å². The molecule has 1 saturated heterocycles. The van der Waals surface area contributed by atoms with Crippen LogP contribution >= 0.6 is 0 Å². The highest BCUT2D eigenvalue weighted by molar-refractivity contribution is 6.09. The zero-order chi connectivity index (χ0) is 20.5. The van der Waals surface area contributed by atoms with Crippen molar-refractivity contribution in [2.45, 2.75) is 51.7 Å². The standard InChI is InChI=1S/C20H25N3O5/c1-4-13-5-9-15(10-6-13)21-17(25)12(2)28-16(24)11-23-18(26)20(3,14-7-8-14)22-19(23)27/h5-6,9-10,12,14H,4,7-8,11H2,1-3H3,(H,21,25)(H,22,27)/t12-,20+/m0/s1. The predicted molar refractivity (Wildman–Crippen MR) is 101 cm³/mol. The highest BCUT2D eigenvalue weighted by Crippen LogP contribution is 2.42. The number of hydrogen-bond acceptors (Lipinski definition) is 5. The maximum atomic E-state index is 12.5. The smallest absolute Gasteiger partial charge is 0.327 e. The van der Waals surface area contributed by atoms with Gasteiger partial charge in [0.2, 0.25) is 0 Å². The van der Waals surface area contributed by atoms with Crippen LogP contribution in [0.25, 0.3) is 0 Å². The number of benzene rings is 1. The van der Waals surface area contributed by atoms with Crippen molar-refractivity contribution in [3.8, 4) is 0 Å². The zero-order valence-electron chi connectivity index (χ0n) is 16.3. The predicted octanol–water partition coefficient (Wildman–Crippen LogP) is 1.84. The first-order chi connectivity index (χ1) is 13.2. The molecule has 2 N–H and O–H groups in total. The van der Waals surface area contributed by atoms with Crippen molar-refractivity contribution in [3.05, 3.63) is 29.8 Å². The first-order valence-electron chi connectivity index (χ1n) is 9.48. The Balaban J connectivity index is 1.53. The van der Waals surface area contributed by atoms with Gasteiger partial charge in [-0.25, -0.2) is 4.79 Å². The number of nitrogens with zero attached hydrogens (tertiary/aromatic N) is 1. The molecule has 1 aliphatic carbocycles. The van der Waals surface area contributed by atoms with Gasteiger partial charge in [0.15, 0.2) is 6.10 Å². The van der Waals surface area contributed by atoms with Crippen LogP contribution in [0.1, 0.15) is 39.2 Å². The van der Waals surface area contributed by atoms with Gasteiger partial charge < -0.3 is 15.4 Å². The Morgan fingerprint density at radius 3 is 2.50 bits per heavy atom. The summed E-state index contributed by atoms with van der Waals surface area (Å²) in [6.45, 7) is 4.63. The number of carbonyl (C=O) groups is 4. The number of aryl methyl sites for hydroxylation is 1. The molecule has 1 saturated carbocycles. The van der Waals surface area contributed by atoms with Crippen LogP contribution in [0.4, 0.5) is 10.5 Å². The van der Waals surface area contributed by atoms with Crippen LogP contribution in [-0.4, -0.2) is 46.9 Å². The Bertz CT molecular complexity index is 803. The number of nitrogens with one attached hydrogen (secondary N) is 2. The normalized spacial score (nSPS) is 22.6. The van der Waals surface area contributed by atoms with E-state index >= 15 is 0 Å². The Morgan fingerprint density at radius 2 is 1.93 bits per heavy atom. The van der Waals surface area contributed by atoms with Crippen LogP contribution in [0.5, 0.6) is 0 Å². The van der Waals surface area contributed by atoms with Gasteiger partial charge in [-0.1, -0.05) is 19.1 Å². The Morgan fingerprint density at radius 1 is 1.29 bits per heavy atom. The van der Waals surface area contributed by atoms with Crippen LogP contribution in [0.15, 0.2) is 24.3 Å². The van der Waals surface area contributed by atoms with Gasteiger partial charge in [0.05, 0.1) is 0 Å². The molecule has 0 radical (unpaired) electrons. The van der Waals surface area contributed by atoms with E-state index in [0.717, 1.165) is 29.7 Å². The van der Waals surface area contributed by atoms with Crippen molar-refractivity contribution < 1.29 is 23.9 Å². The lowest BCUT2D eigenvalue weighted by Crippen LogP contribution is -2.46. The summed E-state index contributed by atoms with van der Waals surface area (Å²) in [6, 6.07) is 6.75. The lowest BCUT2D eigenvalue weighted by molar-refractivity contribution is -0.155. The number of urea groups is 1. The van der Waals surface area contributed by atoms with Gasteiger partial charge in [0.25, 0.3) is 11.8 Å². The molecule has 1 aliphatic heterocycles. The van der Waals surface area contributed by atoms with E-state index in [0.29, 0.717) is 5.69 Å². The minimum absolute atomic E-state index is 0.105. The number of imide groups is 1. The van der Waals surface area contributed by atoms with Crippen molar-refractivity contribution in [2.24, 2.45) is 5.92 Å². The van der Waals surface area contributed by atoms with E-state index in [4.69, 9.17) is 4.74 Å². The molecular weight excluding hydrogens is 362 g/mol. The second kappa shape index (κ2) is 7.61. The van der Waals surface area contributed by atoms with E-state index in [9.17, 15) is 19.2 Å². The van der Waals surface area contributed by atoms with Crippen molar-refractivity contribution in [1.29, 1.82) is 0 Å². The minimum atomic E-state index is -1.06. The fourth-order valence-corrected chi connectivity index (χ4v) is 3.28. The Kier molecular flexibility index (Phi) is 5.40. The molecule has 0 spiro atoms. The summed E-state index contributed by atoms with van der Waals surface area (Å²) >= 11 is 0. The van der Waals surface area contributed by atoms with Gasteiger partial charge in [-0.15, -0.1) is 0 Å². The maximum absolute atomic E-state index is 12.5. The van der Waals surface area contributed by atoms with Crippen molar-refractivity contribution in [2.75, 3.05) is 11.9 Å². The molecule has 28 heavy (non-hydrogen) atoms. The van der Waals surface area contributed by atoms with E-state index in [-0.39, 0.29) is 5.92 Å². The number of esters is 1. The number of ether oxygens (including phenoxy) is 1. The van der Waals surface area contributed by atoms with Gasteiger partial charge in [-0.3, -0.25) is 19.3 Å². The SMILES string of the molecule is CCc1ccc(NC(=O)[C@H](C)OC(=O)CN2C(=O)N[C@](C)(C3CC3)C2=O)cc1. The number of anilines is 1. The maximum Gasteiger partial charge on any atom is 0.327 e. The molecule has 8 nitrogen and oxygen atoms in total. The molecule has 1 aromatic carbocycles. The monoisotopic (exact) mass is 387 g/mol. The number of rotatable bonds is 7. The zero-order valence-corrected chi connectivity index (χ0v) is 16.3. The van der Waals surface area contributed by atoms with E-state index in [2.05, 4.69) is 10.6 Å². The van der Waals surface area contributed by atoms with Crippen molar-refractivity contribution >= 4 is 29.5 Å². The molecule has 0 aromatic heterocycles. The quantitative estimate of drug-likeness (QED) is 0.549. The van der Waals surface area contributed by atoms with E-state index in [1.165, 1.54) is 6.92 Å². The summed E-state index contributed by atoms with van der Waals surface area (Å²) < 4.78 is 5.11. The second-order valence-corrected chi connectivity index (χ2v) is 7.47. The number of hydrogen-bond donors (Lipinski definition) is 2. The molecule has 2 fully saturated rings. The molecule has 2 aliphatic rings. The van der Waals surface area contributed by atoms with Gasteiger partial charge in [0.1, 0.15) is 12.1 Å². The van der Waals surface area contributed by atoms with E-state index < -0.39 is 42.0 Å². The summed E-state index contributed by atoms with van der Waals surface area (Å²) in [6.07, 6.45) is 1.58.